The van der Waals surface area contributed by atoms with Gasteiger partial charge in [0.05, 0.1) is 5.60 Å². The molecule has 1 aromatic heterocycles. The minimum atomic E-state index is -0.416. The monoisotopic (exact) mass is 305 g/mol. The number of rotatable bonds is 5. The highest BCUT2D eigenvalue weighted by molar-refractivity contribution is 5.43. The van der Waals surface area contributed by atoms with Gasteiger partial charge in [-0.25, -0.2) is 4.98 Å². The van der Waals surface area contributed by atoms with Crippen LogP contribution in [0.2, 0.25) is 0 Å². The lowest BCUT2D eigenvalue weighted by atomic mass is 9.80. The van der Waals surface area contributed by atoms with E-state index in [-0.39, 0.29) is 0 Å². The predicted molar refractivity (Wildman–Crippen MR) is 88.4 cm³/mol. The minimum absolute atomic E-state index is 0.416. The van der Waals surface area contributed by atoms with Crippen molar-refractivity contribution in [1.29, 1.82) is 0 Å². The summed E-state index contributed by atoms with van der Waals surface area (Å²) in [7, 11) is 0. The number of hydrogen-bond acceptors (Lipinski definition) is 6. The number of hydrogen-bond donors (Lipinski definition) is 2. The zero-order chi connectivity index (χ0) is 15.6. The second kappa shape index (κ2) is 6.38. The molecule has 1 aromatic rings. The van der Waals surface area contributed by atoms with Crippen molar-refractivity contribution in [3.8, 4) is 0 Å². The molecular formula is C16H27N5O. The molecule has 2 N–H and O–H groups in total. The number of aromatic nitrogens is 2. The Labute approximate surface area is 132 Å². The lowest BCUT2D eigenvalue weighted by Crippen LogP contribution is -2.54. The van der Waals surface area contributed by atoms with Crippen LogP contribution in [0.3, 0.4) is 0 Å². The summed E-state index contributed by atoms with van der Waals surface area (Å²) in [6, 6.07) is 1.98. The molecule has 0 unspecified atom stereocenters. The molecule has 1 aliphatic carbocycles. The van der Waals surface area contributed by atoms with Crippen molar-refractivity contribution in [2.45, 2.75) is 38.7 Å². The first kappa shape index (κ1) is 15.5. The highest BCUT2D eigenvalue weighted by Gasteiger charge is 2.36. The standard InChI is InChI=1S/C16H27N5O/c1-3-17-14-11-13(2)18-15(19-14)21-9-7-20(8-10-21)12-16(22)5-4-6-16/h11,22H,3-10,12H2,1-2H3,(H,17,18,19). The largest absolute Gasteiger partial charge is 0.389 e. The molecule has 6 nitrogen and oxygen atoms in total. The summed E-state index contributed by atoms with van der Waals surface area (Å²) in [6.45, 7) is 9.54. The van der Waals surface area contributed by atoms with E-state index in [1.807, 2.05) is 13.0 Å². The number of anilines is 2. The average molecular weight is 305 g/mol. The molecule has 2 aliphatic rings. The Morgan fingerprint density at radius 1 is 1.23 bits per heavy atom. The highest BCUT2D eigenvalue weighted by atomic mass is 16.3. The van der Waals surface area contributed by atoms with Crippen molar-refractivity contribution in [2.75, 3.05) is 49.5 Å². The lowest BCUT2D eigenvalue weighted by molar-refractivity contribution is -0.0594. The molecule has 0 spiro atoms. The molecule has 0 bridgehead atoms. The van der Waals surface area contributed by atoms with E-state index in [0.29, 0.717) is 0 Å². The van der Waals surface area contributed by atoms with Crippen LogP contribution in [-0.4, -0.2) is 64.8 Å². The zero-order valence-corrected chi connectivity index (χ0v) is 13.7. The third-order valence-electron chi connectivity index (χ3n) is 4.66. The summed E-state index contributed by atoms with van der Waals surface area (Å²) in [5, 5.41) is 13.6. The van der Waals surface area contributed by atoms with Crippen LogP contribution in [0.5, 0.6) is 0 Å². The predicted octanol–water partition coefficient (Wildman–Crippen LogP) is 1.25. The molecular weight excluding hydrogens is 278 g/mol. The zero-order valence-electron chi connectivity index (χ0n) is 13.7. The molecule has 0 aromatic carbocycles. The van der Waals surface area contributed by atoms with Crippen LogP contribution in [0, 0.1) is 6.92 Å². The van der Waals surface area contributed by atoms with Crippen molar-refractivity contribution in [3.05, 3.63) is 11.8 Å². The van der Waals surface area contributed by atoms with E-state index in [0.717, 1.165) is 69.6 Å². The van der Waals surface area contributed by atoms with E-state index in [1.165, 1.54) is 6.42 Å². The van der Waals surface area contributed by atoms with Crippen molar-refractivity contribution in [1.82, 2.24) is 14.9 Å². The maximum atomic E-state index is 10.3. The summed E-state index contributed by atoms with van der Waals surface area (Å²) in [4.78, 5) is 13.8. The number of nitrogens with zero attached hydrogens (tertiary/aromatic N) is 4. The van der Waals surface area contributed by atoms with E-state index >= 15 is 0 Å². The Hall–Kier alpha value is -1.40. The van der Waals surface area contributed by atoms with Crippen LogP contribution in [-0.2, 0) is 0 Å². The van der Waals surface area contributed by atoms with Gasteiger partial charge >= 0.3 is 0 Å². The van der Waals surface area contributed by atoms with Crippen LogP contribution >= 0.6 is 0 Å². The van der Waals surface area contributed by atoms with Crippen molar-refractivity contribution < 1.29 is 5.11 Å². The van der Waals surface area contributed by atoms with Gasteiger partial charge in [-0.3, -0.25) is 4.90 Å². The van der Waals surface area contributed by atoms with Crippen LogP contribution in [0.4, 0.5) is 11.8 Å². The van der Waals surface area contributed by atoms with Gasteiger partial charge in [-0.05, 0) is 33.1 Å². The second-order valence-electron chi connectivity index (χ2n) is 6.57. The molecule has 1 saturated carbocycles. The van der Waals surface area contributed by atoms with Crippen LogP contribution in [0.25, 0.3) is 0 Å². The van der Waals surface area contributed by atoms with Gasteiger partial charge in [0.2, 0.25) is 5.95 Å². The summed E-state index contributed by atoms with van der Waals surface area (Å²) in [6.07, 6.45) is 3.08. The van der Waals surface area contributed by atoms with Gasteiger partial charge in [-0.2, -0.15) is 4.98 Å². The fraction of sp³-hybridized carbons (Fsp3) is 0.750. The Morgan fingerprint density at radius 3 is 2.55 bits per heavy atom. The molecule has 122 valence electrons. The molecule has 3 rings (SSSR count). The maximum absolute atomic E-state index is 10.3. The van der Waals surface area contributed by atoms with E-state index in [9.17, 15) is 5.11 Å². The first-order valence-electron chi connectivity index (χ1n) is 8.37. The number of piperazine rings is 1. The normalized spacial score (nSPS) is 21.5. The number of aliphatic hydroxyl groups is 1. The molecule has 2 fully saturated rings. The summed E-state index contributed by atoms with van der Waals surface area (Å²) in [5.41, 5.74) is 0.576. The first-order valence-corrected chi connectivity index (χ1v) is 8.37. The van der Waals surface area contributed by atoms with Crippen LogP contribution in [0.1, 0.15) is 31.9 Å². The van der Waals surface area contributed by atoms with Crippen molar-refractivity contribution in [2.24, 2.45) is 0 Å². The summed E-state index contributed by atoms with van der Waals surface area (Å²) in [5.74, 6) is 1.72. The third kappa shape index (κ3) is 3.50. The first-order chi connectivity index (χ1) is 10.6. The molecule has 6 heteroatoms. The molecule has 1 aliphatic heterocycles. The minimum Gasteiger partial charge on any atom is -0.389 e. The average Bonchev–Trinajstić information content (AvgIpc) is 2.46. The summed E-state index contributed by atoms with van der Waals surface area (Å²) >= 11 is 0. The van der Waals surface area contributed by atoms with Crippen LogP contribution < -0.4 is 10.2 Å². The third-order valence-corrected chi connectivity index (χ3v) is 4.66. The topological polar surface area (TPSA) is 64.5 Å². The van der Waals surface area contributed by atoms with Gasteiger partial charge in [0.25, 0.3) is 0 Å². The van der Waals surface area contributed by atoms with E-state index in [4.69, 9.17) is 0 Å². The number of nitrogens with one attached hydrogen (secondary N) is 1. The molecule has 1 saturated heterocycles. The number of β-amino-alcohol motifs (C(OH)–C–C–N with tert-alkyl or cyclic N) is 1. The van der Waals surface area contributed by atoms with Gasteiger partial charge in [0, 0.05) is 51.0 Å². The second-order valence-corrected chi connectivity index (χ2v) is 6.57. The summed E-state index contributed by atoms with van der Waals surface area (Å²) < 4.78 is 0. The van der Waals surface area contributed by atoms with E-state index < -0.39 is 5.60 Å². The Balaban J connectivity index is 1.58. The fourth-order valence-electron chi connectivity index (χ4n) is 3.23. The number of aryl methyl sites for hydroxylation is 1. The molecule has 2 heterocycles. The van der Waals surface area contributed by atoms with Gasteiger partial charge in [0.1, 0.15) is 5.82 Å². The van der Waals surface area contributed by atoms with E-state index in [1.54, 1.807) is 0 Å². The maximum Gasteiger partial charge on any atom is 0.227 e. The Bertz CT molecular complexity index is 509. The highest BCUT2D eigenvalue weighted by Crippen LogP contribution is 2.32. The van der Waals surface area contributed by atoms with Gasteiger partial charge in [-0.1, -0.05) is 0 Å². The van der Waals surface area contributed by atoms with E-state index in [2.05, 4.69) is 32.0 Å². The SMILES string of the molecule is CCNc1cc(C)nc(N2CCN(CC3(O)CCC3)CC2)n1. The van der Waals surface area contributed by atoms with Gasteiger partial charge in [0.15, 0.2) is 0 Å². The van der Waals surface area contributed by atoms with Gasteiger partial charge in [-0.15, -0.1) is 0 Å². The van der Waals surface area contributed by atoms with Gasteiger partial charge < -0.3 is 15.3 Å². The van der Waals surface area contributed by atoms with Crippen molar-refractivity contribution >= 4 is 11.8 Å². The molecule has 0 amide bonds. The Kier molecular flexibility index (Phi) is 4.49. The molecule has 0 radical (unpaired) electrons. The fourth-order valence-corrected chi connectivity index (χ4v) is 3.23. The molecule has 0 atom stereocenters. The Morgan fingerprint density at radius 2 is 1.95 bits per heavy atom. The smallest absolute Gasteiger partial charge is 0.227 e. The molecule has 22 heavy (non-hydrogen) atoms. The lowest BCUT2D eigenvalue weighted by Gasteiger charge is -2.43. The van der Waals surface area contributed by atoms with Crippen molar-refractivity contribution in [3.63, 3.8) is 0 Å². The van der Waals surface area contributed by atoms with Crippen LogP contribution in [0.15, 0.2) is 6.07 Å². The quantitative estimate of drug-likeness (QED) is 0.854.